The molecular formula is C30H32N2O5S. The summed E-state index contributed by atoms with van der Waals surface area (Å²) in [6.07, 6.45) is -0.592. The largest absolute Gasteiger partial charge is 0.496 e. The fraction of sp³-hybridized carbons (Fsp3) is 0.333. The highest BCUT2D eigenvalue weighted by Crippen LogP contribution is 2.44. The Balaban J connectivity index is 1.24. The molecule has 1 fully saturated rings. The molecule has 2 aliphatic rings. The minimum atomic E-state index is -1.11. The molecule has 0 bridgehead atoms. The summed E-state index contributed by atoms with van der Waals surface area (Å²) in [7, 11) is 1.64. The Hall–Kier alpha value is -3.49. The van der Waals surface area contributed by atoms with Crippen molar-refractivity contribution in [2.75, 3.05) is 38.3 Å². The third-order valence-corrected chi connectivity index (χ3v) is 8.16. The second kappa shape index (κ2) is 11.9. The topological polar surface area (TPSA) is 88.1 Å². The normalized spacial score (nSPS) is 15.8. The number of carboxylic acid groups (broad SMARTS) is 1. The first-order valence-corrected chi connectivity index (χ1v) is 14.0. The van der Waals surface area contributed by atoms with E-state index in [-0.39, 0.29) is 18.9 Å². The predicted molar refractivity (Wildman–Crippen MR) is 149 cm³/mol. The molecule has 1 unspecified atom stereocenters. The van der Waals surface area contributed by atoms with Crippen LogP contribution in [0.3, 0.4) is 0 Å². The van der Waals surface area contributed by atoms with E-state index in [1.165, 1.54) is 0 Å². The maximum atomic E-state index is 12.7. The van der Waals surface area contributed by atoms with Gasteiger partial charge in [0.25, 0.3) is 0 Å². The van der Waals surface area contributed by atoms with Gasteiger partial charge < -0.3 is 19.9 Å². The van der Waals surface area contributed by atoms with Gasteiger partial charge in [-0.25, -0.2) is 9.59 Å². The van der Waals surface area contributed by atoms with Crippen LogP contribution in [0.25, 0.3) is 11.1 Å². The lowest BCUT2D eigenvalue weighted by Crippen LogP contribution is -2.43. The van der Waals surface area contributed by atoms with E-state index in [1.807, 2.05) is 66.4 Å². The van der Waals surface area contributed by atoms with Crippen LogP contribution >= 0.6 is 11.8 Å². The minimum absolute atomic E-state index is 0.0891. The summed E-state index contributed by atoms with van der Waals surface area (Å²) in [5, 5.41) is 12.4. The molecule has 38 heavy (non-hydrogen) atoms. The number of methoxy groups -OCH3 is 1. The monoisotopic (exact) mass is 532 g/mol. The summed E-state index contributed by atoms with van der Waals surface area (Å²) in [5.41, 5.74) is 6.32. The fourth-order valence-corrected chi connectivity index (χ4v) is 6.28. The van der Waals surface area contributed by atoms with Crippen LogP contribution in [0.1, 0.15) is 28.2 Å². The van der Waals surface area contributed by atoms with E-state index in [1.54, 1.807) is 7.11 Å². The number of nitrogens with zero attached hydrogens (tertiary/aromatic N) is 1. The van der Waals surface area contributed by atoms with Crippen molar-refractivity contribution in [3.63, 3.8) is 0 Å². The van der Waals surface area contributed by atoms with Crippen molar-refractivity contribution in [1.82, 2.24) is 10.2 Å². The highest BCUT2D eigenvalue weighted by atomic mass is 32.2. The lowest BCUT2D eigenvalue weighted by molar-refractivity contribution is -0.139. The Morgan fingerprint density at radius 3 is 2.32 bits per heavy atom. The second-order valence-electron chi connectivity index (χ2n) is 9.60. The van der Waals surface area contributed by atoms with Gasteiger partial charge in [-0.05, 0) is 33.9 Å². The van der Waals surface area contributed by atoms with Crippen molar-refractivity contribution >= 4 is 23.8 Å². The smallest absolute Gasteiger partial charge is 0.407 e. The number of hydrogen-bond acceptors (Lipinski definition) is 6. The van der Waals surface area contributed by atoms with Gasteiger partial charge in [0.05, 0.1) is 7.11 Å². The fourth-order valence-electron chi connectivity index (χ4n) is 5.30. The molecule has 8 heteroatoms. The van der Waals surface area contributed by atoms with Crippen LogP contribution < -0.4 is 10.1 Å². The molecule has 0 spiro atoms. The molecule has 2 N–H and O–H groups in total. The maximum Gasteiger partial charge on any atom is 0.407 e. The summed E-state index contributed by atoms with van der Waals surface area (Å²) in [5.74, 6) is 1.79. The van der Waals surface area contributed by atoms with Gasteiger partial charge in [0.2, 0.25) is 0 Å². The highest BCUT2D eigenvalue weighted by molar-refractivity contribution is 7.99. The quantitative estimate of drug-likeness (QED) is 0.410. The Bertz CT molecular complexity index is 1260. The molecule has 3 aromatic carbocycles. The van der Waals surface area contributed by atoms with Gasteiger partial charge in [-0.2, -0.15) is 11.8 Å². The first kappa shape index (κ1) is 26.1. The Morgan fingerprint density at radius 1 is 1.03 bits per heavy atom. The number of carboxylic acids is 1. The lowest BCUT2D eigenvalue weighted by atomic mass is 9.98. The number of alkyl carbamates (subject to hydrolysis) is 1. The lowest BCUT2D eigenvalue weighted by Gasteiger charge is -2.27. The molecule has 7 nitrogen and oxygen atoms in total. The van der Waals surface area contributed by atoms with Gasteiger partial charge in [-0.15, -0.1) is 0 Å². The van der Waals surface area contributed by atoms with Crippen LogP contribution in [0.4, 0.5) is 4.79 Å². The number of fused-ring (bicyclic) bond motifs is 3. The molecule has 0 radical (unpaired) electrons. The van der Waals surface area contributed by atoms with Gasteiger partial charge in [0.1, 0.15) is 18.4 Å². The molecule has 0 aromatic heterocycles. The van der Waals surface area contributed by atoms with E-state index in [9.17, 15) is 14.7 Å². The maximum absolute atomic E-state index is 12.7. The van der Waals surface area contributed by atoms with Crippen LogP contribution in [0.2, 0.25) is 0 Å². The first-order valence-electron chi connectivity index (χ1n) is 12.8. The molecule has 1 aliphatic carbocycles. The molecule has 1 heterocycles. The average Bonchev–Trinajstić information content (AvgIpc) is 3.26. The average molecular weight is 533 g/mol. The summed E-state index contributed by atoms with van der Waals surface area (Å²) >= 11 is 1.95. The van der Waals surface area contributed by atoms with Crippen molar-refractivity contribution < 1.29 is 24.2 Å². The van der Waals surface area contributed by atoms with Crippen LogP contribution in [0.5, 0.6) is 5.75 Å². The van der Waals surface area contributed by atoms with Gasteiger partial charge in [-0.1, -0.05) is 60.7 Å². The van der Waals surface area contributed by atoms with E-state index in [2.05, 4.69) is 22.3 Å². The third-order valence-electron chi connectivity index (χ3n) is 7.22. The standard InChI is InChI=1S/C30H32N2O5S/c1-36-28-11-10-20(16-21(28)18-32-12-14-38-15-13-32)17-27(29(33)34)31-30(35)37-19-26-24-8-4-2-6-22(24)23-7-3-5-9-25(23)26/h2-11,16,26-27H,12-15,17-19H2,1H3,(H,31,35)(H,33,34). The first-order chi connectivity index (χ1) is 18.5. The van der Waals surface area contributed by atoms with E-state index >= 15 is 0 Å². The number of thioether (sulfide) groups is 1. The molecule has 1 amide bonds. The van der Waals surface area contributed by atoms with Gasteiger partial charge in [-0.3, -0.25) is 4.90 Å². The van der Waals surface area contributed by atoms with Crippen molar-refractivity contribution in [2.24, 2.45) is 0 Å². The molecule has 198 valence electrons. The molecular weight excluding hydrogens is 500 g/mol. The molecule has 1 aliphatic heterocycles. The zero-order valence-electron chi connectivity index (χ0n) is 21.4. The van der Waals surface area contributed by atoms with E-state index < -0.39 is 18.1 Å². The van der Waals surface area contributed by atoms with Gasteiger partial charge in [0, 0.05) is 49.0 Å². The summed E-state index contributed by atoms with van der Waals surface area (Å²) in [6.45, 7) is 2.90. The number of carbonyl (C=O) groups is 2. The number of carbonyl (C=O) groups excluding carboxylic acids is 1. The zero-order valence-corrected chi connectivity index (χ0v) is 22.2. The van der Waals surface area contributed by atoms with Crippen LogP contribution in [-0.2, 0) is 22.5 Å². The Kier molecular flexibility index (Phi) is 8.20. The number of hydrogen-bond donors (Lipinski definition) is 2. The molecule has 5 rings (SSSR count). The van der Waals surface area contributed by atoms with Crippen LogP contribution in [0, 0.1) is 0 Å². The van der Waals surface area contributed by atoms with Gasteiger partial charge >= 0.3 is 12.1 Å². The summed E-state index contributed by atoms with van der Waals surface area (Å²) < 4.78 is 11.1. The van der Waals surface area contributed by atoms with E-state index in [0.717, 1.165) is 70.3 Å². The van der Waals surface area contributed by atoms with Crippen LogP contribution in [0.15, 0.2) is 66.7 Å². The summed E-state index contributed by atoms with van der Waals surface area (Å²) in [4.78, 5) is 27.2. The summed E-state index contributed by atoms with van der Waals surface area (Å²) in [6, 6.07) is 20.8. The molecule has 0 saturated carbocycles. The van der Waals surface area contributed by atoms with E-state index in [4.69, 9.17) is 9.47 Å². The Morgan fingerprint density at radius 2 is 1.68 bits per heavy atom. The third kappa shape index (κ3) is 5.81. The molecule has 3 aromatic rings. The molecule has 1 atom stereocenters. The minimum Gasteiger partial charge on any atom is -0.496 e. The van der Waals surface area contributed by atoms with Gasteiger partial charge in [0.15, 0.2) is 0 Å². The number of amides is 1. The van der Waals surface area contributed by atoms with Crippen molar-refractivity contribution in [3.05, 3.63) is 89.0 Å². The predicted octanol–water partition coefficient (Wildman–Crippen LogP) is 4.78. The van der Waals surface area contributed by atoms with Crippen molar-refractivity contribution in [1.29, 1.82) is 0 Å². The number of nitrogens with one attached hydrogen (secondary N) is 1. The number of benzene rings is 3. The number of ether oxygens (including phenoxy) is 2. The van der Waals surface area contributed by atoms with E-state index in [0.29, 0.717) is 0 Å². The van der Waals surface area contributed by atoms with Crippen molar-refractivity contribution in [3.8, 4) is 16.9 Å². The molecule has 1 saturated heterocycles. The zero-order chi connectivity index (χ0) is 26.5. The number of rotatable bonds is 9. The van der Waals surface area contributed by atoms with Crippen molar-refractivity contribution in [2.45, 2.75) is 24.9 Å². The second-order valence-corrected chi connectivity index (χ2v) is 10.8. The number of aliphatic carboxylic acids is 1. The Labute approximate surface area is 227 Å². The SMILES string of the molecule is COc1ccc(CC(NC(=O)OCC2c3ccccc3-c3ccccc32)C(=O)O)cc1CN1CCSCC1. The highest BCUT2D eigenvalue weighted by Gasteiger charge is 2.30. The van der Waals surface area contributed by atoms with Crippen LogP contribution in [-0.4, -0.2) is 66.4 Å².